The van der Waals surface area contributed by atoms with E-state index in [4.69, 9.17) is 18.9 Å². The molecule has 6 aliphatic rings. The van der Waals surface area contributed by atoms with Gasteiger partial charge in [0.1, 0.15) is 36.4 Å². The molecule has 2 aliphatic carbocycles. The minimum atomic E-state index is -1.12. The predicted molar refractivity (Wildman–Crippen MR) is 236 cm³/mol. The fourth-order valence-electron chi connectivity index (χ4n) is 11.4. The third-order valence-electron chi connectivity index (χ3n) is 14.9. The predicted octanol–water partition coefficient (Wildman–Crippen LogP) is 5.54. The largest absolute Gasteiger partial charge is 0.464 e. The van der Waals surface area contributed by atoms with Gasteiger partial charge in [0.15, 0.2) is 0 Å². The molecule has 4 aliphatic heterocycles. The van der Waals surface area contributed by atoms with Gasteiger partial charge in [-0.15, -0.1) is 0 Å². The van der Waals surface area contributed by atoms with Gasteiger partial charge in [-0.3, -0.25) is 29.3 Å². The van der Waals surface area contributed by atoms with Crippen molar-refractivity contribution in [1.82, 2.24) is 45.2 Å². The van der Waals surface area contributed by atoms with Crippen molar-refractivity contribution in [2.75, 3.05) is 39.5 Å². The van der Waals surface area contributed by atoms with E-state index in [9.17, 15) is 14.9 Å². The Bertz CT molecular complexity index is 2680. The lowest BCUT2D eigenvalue weighted by Gasteiger charge is -2.57. The van der Waals surface area contributed by atoms with Crippen molar-refractivity contribution in [2.24, 2.45) is 28.6 Å². The van der Waals surface area contributed by atoms with Crippen LogP contribution in [0.5, 0.6) is 0 Å². The first-order valence-corrected chi connectivity index (χ1v) is 23.0. The van der Waals surface area contributed by atoms with Crippen LogP contribution >= 0.6 is 0 Å². The van der Waals surface area contributed by atoms with Crippen LogP contribution in [0.4, 0.5) is 0 Å². The molecule has 0 radical (unpaired) electrons. The minimum absolute atomic E-state index is 0.00305. The molecule has 8 atom stereocenters. The van der Waals surface area contributed by atoms with Gasteiger partial charge in [0.25, 0.3) is 5.91 Å². The van der Waals surface area contributed by atoms with E-state index in [-0.39, 0.29) is 47.6 Å². The second-order valence-corrected chi connectivity index (χ2v) is 20.2. The van der Waals surface area contributed by atoms with Crippen molar-refractivity contribution in [2.45, 2.75) is 89.4 Å². The monoisotopic (exact) mass is 878 g/mol. The number of carbonyl (C=O) groups excluding carboxylic acids is 3. The number of nitriles is 1. The number of nitrogens with one attached hydrogen (secondary N) is 2. The summed E-state index contributed by atoms with van der Waals surface area (Å²) < 4.78 is 20.7. The molecule has 3 saturated heterocycles. The van der Waals surface area contributed by atoms with Crippen molar-refractivity contribution in [3.05, 3.63) is 84.7 Å². The van der Waals surface area contributed by atoms with E-state index in [2.05, 4.69) is 79.3 Å². The van der Waals surface area contributed by atoms with Crippen molar-refractivity contribution in [1.29, 1.82) is 5.26 Å². The maximum Gasteiger partial charge on any atom is 0.324 e. The van der Waals surface area contributed by atoms with Crippen molar-refractivity contribution in [3.63, 3.8) is 0 Å². The lowest BCUT2D eigenvalue weighted by atomic mass is 9.76. The summed E-state index contributed by atoms with van der Waals surface area (Å²) in [4.78, 5) is 64.1. The molecule has 11 rings (SSSR count). The van der Waals surface area contributed by atoms with Crippen molar-refractivity contribution >= 4 is 28.7 Å². The summed E-state index contributed by atoms with van der Waals surface area (Å²) in [5, 5.41) is 15.7. The van der Waals surface area contributed by atoms with Gasteiger partial charge in [-0.2, -0.15) is 5.26 Å². The molecular weight excluding hydrogens is 825 g/mol. The van der Waals surface area contributed by atoms with Crippen LogP contribution in [0.15, 0.2) is 72.0 Å². The first-order valence-electron chi connectivity index (χ1n) is 23.0. The lowest BCUT2D eigenvalue weighted by molar-refractivity contribution is -0.204. The Hall–Kier alpha value is -6.02. The Morgan fingerprint density at radius 2 is 1.89 bits per heavy atom. The van der Waals surface area contributed by atoms with Gasteiger partial charge in [0.05, 0.1) is 31.6 Å². The highest BCUT2D eigenvalue weighted by Gasteiger charge is 2.57. The summed E-state index contributed by atoms with van der Waals surface area (Å²) in [5.41, 5.74) is 9.03. The molecule has 8 heterocycles. The van der Waals surface area contributed by atoms with Gasteiger partial charge in [0, 0.05) is 101 Å². The van der Waals surface area contributed by atoms with E-state index in [1.54, 1.807) is 18.7 Å². The molecule has 16 nitrogen and oxygen atoms in total. The molecule has 4 aromatic heterocycles. The van der Waals surface area contributed by atoms with Gasteiger partial charge < -0.3 is 23.8 Å². The van der Waals surface area contributed by atoms with E-state index >= 15 is 4.79 Å². The maximum atomic E-state index is 15.2. The van der Waals surface area contributed by atoms with Gasteiger partial charge >= 0.3 is 5.97 Å². The molecule has 5 aromatic rings. The molecule has 2 N–H and O–H groups in total. The number of oxazole rings is 1. The van der Waals surface area contributed by atoms with E-state index in [1.165, 1.54) is 11.3 Å². The molecule has 2 saturated carbocycles. The molecule has 336 valence electrons. The van der Waals surface area contributed by atoms with Crippen LogP contribution in [0, 0.1) is 39.9 Å². The van der Waals surface area contributed by atoms with Gasteiger partial charge in [-0.25, -0.2) is 20.4 Å². The Morgan fingerprint density at radius 1 is 1.03 bits per heavy atom. The van der Waals surface area contributed by atoms with Crippen molar-refractivity contribution < 1.29 is 28.3 Å². The lowest BCUT2D eigenvalue weighted by Crippen LogP contribution is -2.70. The second kappa shape index (κ2) is 16.1. The number of hydrogen-bond donors (Lipinski definition) is 2. The smallest absolute Gasteiger partial charge is 0.324 e. The number of nitrogens with zero attached hydrogens (tertiary/aromatic N) is 8. The number of cyclic esters (lactones) is 1. The zero-order valence-electron chi connectivity index (χ0n) is 37.0. The highest BCUT2D eigenvalue weighted by Crippen LogP contribution is 2.53. The number of benzene rings is 1. The third-order valence-corrected chi connectivity index (χ3v) is 14.9. The van der Waals surface area contributed by atoms with Gasteiger partial charge in [-0.05, 0) is 80.3 Å². The highest BCUT2D eigenvalue weighted by molar-refractivity contribution is 5.95. The number of pyridine rings is 1. The summed E-state index contributed by atoms with van der Waals surface area (Å²) >= 11 is 0. The van der Waals surface area contributed by atoms with E-state index < -0.39 is 35.4 Å². The molecule has 1 spiro atoms. The topological polar surface area (TPSA) is 194 Å². The van der Waals surface area contributed by atoms with Crippen molar-refractivity contribution in [3.8, 4) is 28.6 Å². The molecule has 65 heavy (non-hydrogen) atoms. The maximum absolute atomic E-state index is 15.2. The number of likely N-dealkylation sites (tertiary alicyclic amines) is 1. The number of esters is 1. The number of amides is 2. The molecular formula is C49H54N10O6. The minimum Gasteiger partial charge on any atom is -0.464 e. The zero-order chi connectivity index (χ0) is 44.6. The van der Waals surface area contributed by atoms with Gasteiger partial charge in [-0.1, -0.05) is 26.8 Å². The number of hydrazine groups is 1. The molecule has 2 amide bonds. The fourth-order valence-corrected chi connectivity index (χ4v) is 11.4. The molecule has 1 aromatic carbocycles. The van der Waals surface area contributed by atoms with Crippen LogP contribution in [0.1, 0.15) is 88.0 Å². The second-order valence-electron chi connectivity index (χ2n) is 20.2. The first-order chi connectivity index (χ1) is 31.5. The first kappa shape index (κ1) is 41.7. The number of aromatic nitrogens is 5. The van der Waals surface area contributed by atoms with E-state index in [1.807, 2.05) is 25.3 Å². The Kier molecular flexibility index (Phi) is 10.3. The Balaban J connectivity index is 1.04. The summed E-state index contributed by atoms with van der Waals surface area (Å²) in [6.45, 7) is 9.19. The van der Waals surface area contributed by atoms with E-state index in [0.29, 0.717) is 63.7 Å². The average molecular weight is 879 g/mol. The highest BCUT2D eigenvalue weighted by atomic mass is 16.5. The van der Waals surface area contributed by atoms with Crippen LogP contribution in [-0.4, -0.2) is 104 Å². The standard InChI is InChI=1S/C49H54N10O6/c1-28-39(35-12-14-52-27-53-35)40(28)44(60)55-41-43(57-22-49(23-57)25-63-26-49)45-54-37(21-64-45)30-9-11-38-33(17-30)34(18-48(2,3)24-65-47(62)36-7-5-15-58(56-36)46(41)61)42(31-6-4-13-51-20-31)59(38)32-10-8-29(16-32)19-50/h4,6,9,11-14,17,20-21,27-29,32,36,39-41,43,56H,5,7-8,10,15-16,18,22-26H2,1-3H3,(H,55,60)/t28-,29-,32-,36-,39-,40+,41-,43-/m0/s1. The van der Waals surface area contributed by atoms with Crippen LogP contribution in [-0.2, 0) is 30.3 Å². The average Bonchev–Trinajstić information content (AvgIpc) is 3.67. The number of ether oxygens (including phenoxy) is 2. The third kappa shape index (κ3) is 7.47. The normalized spacial score (nSPS) is 29.6. The SMILES string of the molecule is C[C@@H]1[C@@H](C(=O)N[C@@H]2C(=O)N3CCC[C@H](N3)C(=O)OCC(C)(C)Cc3c(-c4cccnc4)n([C@H]4CC[C@H](C#N)C4)c4ccc(cc34)-c3coc(n3)[C@H]2N2CC3(COC3)C2)[C@@H]1c1ccncn1. The Labute approximate surface area is 377 Å². The quantitative estimate of drug-likeness (QED) is 0.202. The zero-order valence-corrected chi connectivity index (χ0v) is 37.0. The molecule has 0 unspecified atom stereocenters. The van der Waals surface area contributed by atoms with Crippen LogP contribution in [0.2, 0.25) is 0 Å². The summed E-state index contributed by atoms with van der Waals surface area (Å²) in [7, 11) is 0. The summed E-state index contributed by atoms with van der Waals surface area (Å²) in [6, 6.07) is 12.2. The van der Waals surface area contributed by atoms with Crippen LogP contribution in [0.3, 0.4) is 0 Å². The summed E-state index contributed by atoms with van der Waals surface area (Å²) in [6.07, 6.45) is 12.5. The van der Waals surface area contributed by atoms with Gasteiger partial charge in [0.2, 0.25) is 11.8 Å². The van der Waals surface area contributed by atoms with Crippen LogP contribution < -0.4 is 10.7 Å². The number of carbonyl (C=O) groups is 3. The van der Waals surface area contributed by atoms with Crippen LogP contribution in [0.25, 0.3) is 33.4 Å². The number of rotatable bonds is 6. The fraction of sp³-hybridized carbons (Fsp3) is 0.510. The Morgan fingerprint density at radius 3 is 2.63 bits per heavy atom. The molecule has 6 bridgehead atoms. The number of hydrogen-bond acceptors (Lipinski definition) is 13. The van der Waals surface area contributed by atoms with E-state index in [0.717, 1.165) is 58.2 Å². The summed E-state index contributed by atoms with van der Waals surface area (Å²) in [5.74, 6) is -1.34. The molecule has 5 fully saturated rings. The number of fused-ring (bicyclic) bond motifs is 6. The molecule has 16 heteroatoms.